The number of carbonyl (C=O) groups excluding carboxylic acids is 2. The molecule has 0 radical (unpaired) electrons. The van der Waals surface area contributed by atoms with E-state index < -0.39 is 11.8 Å². The Morgan fingerprint density at radius 1 is 1.20 bits per heavy atom. The van der Waals surface area contributed by atoms with Crippen LogP contribution in [0.25, 0.3) is 0 Å². The van der Waals surface area contributed by atoms with Crippen LogP contribution in [0.3, 0.4) is 0 Å². The van der Waals surface area contributed by atoms with Crippen LogP contribution in [0.15, 0.2) is 18.2 Å². The number of methoxy groups -OCH3 is 1. The second-order valence-electron chi connectivity index (χ2n) is 7.22. The molecule has 1 saturated heterocycles. The van der Waals surface area contributed by atoms with E-state index in [0.29, 0.717) is 17.4 Å². The summed E-state index contributed by atoms with van der Waals surface area (Å²) in [7, 11) is 1.26. The third kappa shape index (κ3) is 4.09. The van der Waals surface area contributed by atoms with E-state index in [1.165, 1.54) is 51.3 Å². The lowest BCUT2D eigenvalue weighted by atomic mass is 9.75. The van der Waals surface area contributed by atoms with Gasteiger partial charge in [-0.15, -0.1) is 0 Å². The van der Waals surface area contributed by atoms with Crippen LogP contribution < -0.4 is 5.32 Å². The molecule has 4 nitrogen and oxygen atoms in total. The molecular formula is C20H26FNO3. The first kappa shape index (κ1) is 18.1. The van der Waals surface area contributed by atoms with Crippen LogP contribution in [-0.4, -0.2) is 31.4 Å². The maximum absolute atomic E-state index is 14.3. The van der Waals surface area contributed by atoms with E-state index in [0.717, 1.165) is 19.0 Å². The van der Waals surface area contributed by atoms with Crippen molar-refractivity contribution in [1.29, 1.82) is 0 Å². The van der Waals surface area contributed by atoms with Gasteiger partial charge in [-0.2, -0.15) is 0 Å². The summed E-state index contributed by atoms with van der Waals surface area (Å²) in [5.74, 6) is -0.0534. The van der Waals surface area contributed by atoms with Crippen molar-refractivity contribution >= 4 is 11.8 Å². The molecule has 0 amide bonds. The Kier molecular flexibility index (Phi) is 5.84. The minimum absolute atomic E-state index is 0.0535. The van der Waals surface area contributed by atoms with Crippen LogP contribution in [0.4, 0.5) is 4.39 Å². The Morgan fingerprint density at radius 2 is 1.96 bits per heavy atom. The van der Waals surface area contributed by atoms with Gasteiger partial charge >= 0.3 is 5.97 Å². The van der Waals surface area contributed by atoms with Crippen LogP contribution in [0.5, 0.6) is 0 Å². The number of hydrogen-bond donors (Lipinski definition) is 1. The van der Waals surface area contributed by atoms with E-state index in [1.54, 1.807) is 0 Å². The number of benzene rings is 1. The van der Waals surface area contributed by atoms with Crippen molar-refractivity contribution in [2.75, 3.05) is 13.7 Å². The first-order valence-corrected chi connectivity index (χ1v) is 9.23. The van der Waals surface area contributed by atoms with Gasteiger partial charge in [0.2, 0.25) is 0 Å². The molecule has 1 aromatic carbocycles. The fourth-order valence-corrected chi connectivity index (χ4v) is 4.38. The summed E-state index contributed by atoms with van der Waals surface area (Å²) in [5.41, 5.74) is 0.504. The molecular weight excluding hydrogens is 321 g/mol. The summed E-state index contributed by atoms with van der Waals surface area (Å²) in [5, 5.41) is 3.34. The largest absolute Gasteiger partial charge is 0.465 e. The van der Waals surface area contributed by atoms with Crippen molar-refractivity contribution in [3.63, 3.8) is 0 Å². The lowest BCUT2D eigenvalue weighted by Gasteiger charge is -2.30. The lowest BCUT2D eigenvalue weighted by Crippen LogP contribution is -2.40. The Labute approximate surface area is 148 Å². The van der Waals surface area contributed by atoms with Gasteiger partial charge in [0.05, 0.1) is 18.7 Å². The smallest absolute Gasteiger partial charge is 0.337 e. The Morgan fingerprint density at radius 3 is 2.64 bits per heavy atom. The van der Waals surface area contributed by atoms with Gasteiger partial charge in [-0.1, -0.05) is 38.2 Å². The second-order valence-corrected chi connectivity index (χ2v) is 7.22. The number of rotatable bonds is 5. The number of halogens is 1. The van der Waals surface area contributed by atoms with Gasteiger partial charge in [0, 0.05) is 6.42 Å². The van der Waals surface area contributed by atoms with E-state index in [-0.39, 0.29) is 23.8 Å². The number of esters is 1. The molecule has 1 aliphatic carbocycles. The molecule has 5 heteroatoms. The van der Waals surface area contributed by atoms with Crippen LogP contribution >= 0.6 is 0 Å². The van der Waals surface area contributed by atoms with E-state index in [1.807, 2.05) is 0 Å². The third-order valence-corrected chi connectivity index (χ3v) is 5.71. The molecule has 0 aromatic heterocycles. The lowest BCUT2D eigenvalue weighted by molar-refractivity contribution is -0.121. The van der Waals surface area contributed by atoms with Crippen LogP contribution in [0.1, 0.15) is 54.4 Å². The highest BCUT2D eigenvalue weighted by molar-refractivity contribution is 5.90. The van der Waals surface area contributed by atoms with Gasteiger partial charge in [-0.05, 0) is 42.5 Å². The Bertz CT molecular complexity index is 640. The molecule has 2 aliphatic rings. The van der Waals surface area contributed by atoms with Crippen molar-refractivity contribution in [2.45, 2.75) is 51.0 Å². The summed E-state index contributed by atoms with van der Waals surface area (Å²) in [6.07, 6.45) is 7.32. The van der Waals surface area contributed by atoms with E-state index in [2.05, 4.69) is 10.1 Å². The predicted octanol–water partition coefficient (Wildman–Crippen LogP) is 3.28. The van der Waals surface area contributed by atoms with Crippen molar-refractivity contribution in [1.82, 2.24) is 5.32 Å². The van der Waals surface area contributed by atoms with Crippen molar-refractivity contribution < 1.29 is 18.7 Å². The van der Waals surface area contributed by atoms with Crippen LogP contribution in [-0.2, 0) is 16.0 Å². The van der Waals surface area contributed by atoms with Gasteiger partial charge in [0.15, 0.2) is 5.78 Å². The van der Waals surface area contributed by atoms with Gasteiger partial charge in [-0.25, -0.2) is 9.18 Å². The molecule has 0 spiro atoms. The SMILES string of the molecule is COC(=O)c1ccc(CC(=O)[C@H]2NCC[C@@H]2C2CCCCC2)c(F)c1. The minimum Gasteiger partial charge on any atom is -0.465 e. The summed E-state index contributed by atoms with van der Waals surface area (Å²) >= 11 is 0. The fraction of sp³-hybridized carbons (Fsp3) is 0.600. The summed E-state index contributed by atoms with van der Waals surface area (Å²) < 4.78 is 18.9. The molecule has 2 atom stereocenters. The van der Waals surface area contributed by atoms with Gasteiger partial charge in [0.1, 0.15) is 5.82 Å². The number of hydrogen-bond acceptors (Lipinski definition) is 4. The molecule has 1 aliphatic heterocycles. The predicted molar refractivity (Wildman–Crippen MR) is 92.9 cm³/mol. The second kappa shape index (κ2) is 8.09. The highest BCUT2D eigenvalue weighted by atomic mass is 19.1. The van der Waals surface area contributed by atoms with Crippen LogP contribution in [0.2, 0.25) is 0 Å². The zero-order valence-corrected chi connectivity index (χ0v) is 14.7. The average Bonchev–Trinajstić information content (AvgIpc) is 3.13. The quantitative estimate of drug-likeness (QED) is 0.831. The topological polar surface area (TPSA) is 55.4 Å². The van der Waals surface area contributed by atoms with E-state index in [4.69, 9.17) is 0 Å². The van der Waals surface area contributed by atoms with Crippen molar-refractivity contribution in [3.8, 4) is 0 Å². The molecule has 1 N–H and O–H groups in total. The third-order valence-electron chi connectivity index (χ3n) is 5.71. The van der Waals surface area contributed by atoms with Gasteiger partial charge in [0.25, 0.3) is 0 Å². The highest BCUT2D eigenvalue weighted by Gasteiger charge is 2.37. The first-order valence-electron chi connectivity index (χ1n) is 9.23. The molecule has 1 saturated carbocycles. The molecule has 0 bridgehead atoms. The number of carbonyl (C=O) groups is 2. The Hall–Kier alpha value is -1.75. The first-order chi connectivity index (χ1) is 12.1. The standard InChI is InChI=1S/C20H26FNO3/c1-25-20(24)15-8-7-14(17(21)11-15)12-18(23)19-16(9-10-22-19)13-5-3-2-4-6-13/h7-8,11,13,16,19,22H,2-6,9-10,12H2,1H3/t16-,19+/m1/s1. The van der Waals surface area contributed by atoms with Gasteiger partial charge < -0.3 is 10.1 Å². The molecule has 25 heavy (non-hydrogen) atoms. The average molecular weight is 347 g/mol. The molecule has 136 valence electrons. The highest BCUT2D eigenvalue weighted by Crippen LogP contribution is 2.36. The Balaban J connectivity index is 1.67. The molecule has 2 fully saturated rings. The van der Waals surface area contributed by atoms with Crippen molar-refractivity contribution in [2.24, 2.45) is 11.8 Å². The number of ketones is 1. The minimum atomic E-state index is -0.577. The molecule has 1 aromatic rings. The van der Waals surface area contributed by atoms with Crippen molar-refractivity contribution in [3.05, 3.63) is 35.1 Å². The van der Waals surface area contributed by atoms with Gasteiger partial charge in [-0.3, -0.25) is 4.79 Å². The van der Waals surface area contributed by atoms with E-state index >= 15 is 0 Å². The molecule has 1 heterocycles. The maximum atomic E-state index is 14.3. The molecule has 3 rings (SSSR count). The summed E-state index contributed by atoms with van der Waals surface area (Å²) in [6.45, 7) is 0.862. The monoisotopic (exact) mass is 347 g/mol. The summed E-state index contributed by atoms with van der Waals surface area (Å²) in [6, 6.07) is 4.01. The normalized spacial score (nSPS) is 24.2. The van der Waals surface area contributed by atoms with Crippen LogP contribution in [0, 0.1) is 17.7 Å². The zero-order valence-electron chi connectivity index (χ0n) is 14.7. The zero-order chi connectivity index (χ0) is 17.8. The fourth-order valence-electron chi connectivity index (χ4n) is 4.38. The molecule has 0 unspecified atom stereocenters. The van der Waals surface area contributed by atoms with E-state index in [9.17, 15) is 14.0 Å². The number of Topliss-reactive ketones (excluding diaryl/α,β-unsaturated/α-hetero) is 1. The summed E-state index contributed by atoms with van der Waals surface area (Å²) in [4.78, 5) is 24.2. The maximum Gasteiger partial charge on any atom is 0.337 e. The number of ether oxygens (including phenoxy) is 1. The number of nitrogens with one attached hydrogen (secondary N) is 1.